The second kappa shape index (κ2) is 11.7. The van der Waals surface area contributed by atoms with Gasteiger partial charge in [-0.15, -0.1) is 0 Å². The third-order valence-electron chi connectivity index (χ3n) is 11.9. The Balaban J connectivity index is 0.966. The second-order valence-corrected chi connectivity index (χ2v) is 14.9. The lowest BCUT2D eigenvalue weighted by Gasteiger charge is -2.15. The normalized spacial score (nSPS) is 13.6. The molecule has 1 atom stereocenters. The van der Waals surface area contributed by atoms with Crippen LogP contribution in [-0.4, -0.2) is 4.57 Å². The molecule has 0 saturated heterocycles. The highest BCUT2D eigenvalue weighted by Gasteiger charge is 2.30. The smallest absolute Gasteiger partial charge is 0.136 e. The monoisotopic (exact) mass is 699 g/mol. The van der Waals surface area contributed by atoms with Crippen molar-refractivity contribution in [2.75, 3.05) is 0 Å². The molecule has 0 amide bonds. The zero-order valence-corrected chi connectivity index (χ0v) is 29.9. The lowest BCUT2D eigenvalue weighted by molar-refractivity contribution is 0.669. The van der Waals surface area contributed by atoms with E-state index >= 15 is 0 Å². The Morgan fingerprint density at radius 3 is 1.91 bits per heavy atom. The van der Waals surface area contributed by atoms with Gasteiger partial charge in [-0.2, -0.15) is 0 Å². The summed E-state index contributed by atoms with van der Waals surface area (Å²) in [7, 11) is 0. The van der Waals surface area contributed by atoms with Gasteiger partial charge in [0.1, 0.15) is 11.2 Å². The van der Waals surface area contributed by atoms with E-state index in [4.69, 9.17) is 4.42 Å². The van der Waals surface area contributed by atoms with Crippen molar-refractivity contribution < 1.29 is 4.42 Å². The first-order valence-corrected chi connectivity index (χ1v) is 19.0. The van der Waals surface area contributed by atoms with Gasteiger partial charge in [0.05, 0.1) is 11.0 Å². The van der Waals surface area contributed by atoms with Gasteiger partial charge in [0, 0.05) is 33.2 Å². The third-order valence-corrected chi connectivity index (χ3v) is 11.9. The topological polar surface area (TPSA) is 18.1 Å². The van der Waals surface area contributed by atoms with E-state index in [2.05, 4.69) is 187 Å². The molecule has 2 heterocycles. The van der Waals surface area contributed by atoms with Crippen molar-refractivity contribution in [3.8, 4) is 39.1 Å². The van der Waals surface area contributed by atoms with Crippen molar-refractivity contribution in [2.24, 2.45) is 0 Å². The molecule has 55 heavy (non-hydrogen) atoms. The van der Waals surface area contributed by atoms with Crippen molar-refractivity contribution in [2.45, 2.75) is 5.92 Å². The van der Waals surface area contributed by atoms with Crippen LogP contribution in [0.4, 0.5) is 0 Å². The van der Waals surface area contributed by atoms with E-state index in [1.165, 1.54) is 77.1 Å². The van der Waals surface area contributed by atoms with Crippen molar-refractivity contribution in [1.29, 1.82) is 0 Å². The Bertz CT molecular complexity index is 3330. The predicted molar refractivity (Wildman–Crippen MR) is 229 cm³/mol. The molecule has 2 heteroatoms. The van der Waals surface area contributed by atoms with Crippen LogP contribution in [0.15, 0.2) is 199 Å². The molecule has 1 unspecified atom stereocenters. The van der Waals surface area contributed by atoms with Gasteiger partial charge in [0.2, 0.25) is 0 Å². The summed E-state index contributed by atoms with van der Waals surface area (Å²) in [5.74, 6) is 0.216. The van der Waals surface area contributed by atoms with E-state index in [9.17, 15) is 0 Å². The lowest BCUT2D eigenvalue weighted by Crippen LogP contribution is -1.99. The maximum absolute atomic E-state index is 6.22. The molecule has 1 aliphatic rings. The minimum atomic E-state index is 0.216. The third kappa shape index (κ3) is 4.62. The van der Waals surface area contributed by atoms with E-state index in [-0.39, 0.29) is 5.92 Å². The number of hydrogen-bond acceptors (Lipinski definition) is 1. The number of benzene rings is 9. The van der Waals surface area contributed by atoms with Crippen LogP contribution in [0.3, 0.4) is 0 Å². The van der Waals surface area contributed by atoms with Crippen LogP contribution >= 0.6 is 0 Å². The lowest BCUT2D eigenvalue weighted by atomic mass is 9.88. The molecule has 0 spiro atoms. The Labute approximate surface area is 318 Å². The second-order valence-electron chi connectivity index (χ2n) is 14.9. The molecule has 0 aliphatic heterocycles. The summed E-state index contributed by atoms with van der Waals surface area (Å²) in [6.45, 7) is 0. The van der Waals surface area contributed by atoms with Crippen LogP contribution in [0.1, 0.15) is 22.6 Å². The summed E-state index contributed by atoms with van der Waals surface area (Å²) >= 11 is 0. The number of para-hydroxylation sites is 2. The van der Waals surface area contributed by atoms with Crippen LogP contribution in [0.25, 0.3) is 93.6 Å². The Morgan fingerprint density at radius 1 is 0.364 bits per heavy atom. The fraction of sp³-hybridized carbons (Fsp3) is 0.0189. The average Bonchev–Trinajstić information content (AvgIpc) is 3.90. The molecule has 11 aromatic rings. The maximum Gasteiger partial charge on any atom is 0.136 e. The SMILES string of the molecule is c1ccc(C2c3ccccc3-c3ccc(-c4ccc5c6ccccc6n(-c6ccc7cc(-c8ccc9c(c8)oc8ccccc89)ccc7c6)c5c4)cc32)cc1. The van der Waals surface area contributed by atoms with Gasteiger partial charge in [-0.05, 0) is 115 Å². The van der Waals surface area contributed by atoms with Gasteiger partial charge >= 0.3 is 0 Å². The molecule has 0 N–H and O–H groups in total. The summed E-state index contributed by atoms with van der Waals surface area (Å²) in [5, 5.41) is 7.23. The Morgan fingerprint density at radius 2 is 0.982 bits per heavy atom. The largest absolute Gasteiger partial charge is 0.456 e. The molecule has 0 bridgehead atoms. The number of furan rings is 1. The van der Waals surface area contributed by atoms with E-state index < -0.39 is 0 Å². The summed E-state index contributed by atoms with van der Waals surface area (Å²) in [5.41, 5.74) is 16.9. The molecule has 0 saturated carbocycles. The summed E-state index contributed by atoms with van der Waals surface area (Å²) < 4.78 is 8.66. The molecule has 0 radical (unpaired) electrons. The molecule has 2 nitrogen and oxygen atoms in total. The van der Waals surface area contributed by atoms with Crippen LogP contribution < -0.4 is 0 Å². The fourth-order valence-corrected chi connectivity index (χ4v) is 9.28. The molecular weight excluding hydrogens is 667 g/mol. The van der Waals surface area contributed by atoms with Crippen LogP contribution in [0, 0.1) is 0 Å². The molecule has 1 aliphatic carbocycles. The summed E-state index contributed by atoms with van der Waals surface area (Å²) in [6, 6.07) is 71.1. The van der Waals surface area contributed by atoms with Crippen molar-refractivity contribution >= 4 is 54.5 Å². The van der Waals surface area contributed by atoms with Gasteiger partial charge in [0.15, 0.2) is 0 Å². The predicted octanol–water partition coefficient (Wildman–Crippen LogP) is 14.3. The standard InChI is InChI=1S/C53H33NO/c1-2-10-33(11-3-1)53-47-15-5-4-12-41(47)42-25-21-37(30-48(42)53)38-22-26-44-43-13-6-8-16-49(43)54(50(44)31-38)40-24-20-35-28-34(18-19-36(35)29-40)39-23-27-46-45-14-7-9-17-51(45)55-52(46)32-39/h1-32,53H. The Kier molecular flexibility index (Phi) is 6.43. The molecule has 256 valence electrons. The van der Waals surface area contributed by atoms with E-state index in [1.54, 1.807) is 0 Å². The highest BCUT2D eigenvalue weighted by molar-refractivity contribution is 6.11. The molecule has 9 aromatic carbocycles. The van der Waals surface area contributed by atoms with E-state index in [0.717, 1.165) is 33.2 Å². The number of nitrogens with zero attached hydrogens (tertiary/aromatic N) is 1. The first kappa shape index (κ1) is 30.3. The summed E-state index contributed by atoms with van der Waals surface area (Å²) in [6.07, 6.45) is 0. The Hall–Kier alpha value is -7.16. The van der Waals surface area contributed by atoms with Crippen LogP contribution in [-0.2, 0) is 0 Å². The van der Waals surface area contributed by atoms with Gasteiger partial charge in [-0.25, -0.2) is 0 Å². The zero-order valence-electron chi connectivity index (χ0n) is 29.9. The number of hydrogen-bond donors (Lipinski definition) is 0. The highest BCUT2D eigenvalue weighted by atomic mass is 16.3. The minimum Gasteiger partial charge on any atom is -0.456 e. The van der Waals surface area contributed by atoms with Crippen LogP contribution in [0.5, 0.6) is 0 Å². The number of rotatable bonds is 4. The van der Waals surface area contributed by atoms with Crippen molar-refractivity contribution in [3.63, 3.8) is 0 Å². The van der Waals surface area contributed by atoms with Gasteiger partial charge in [0.25, 0.3) is 0 Å². The quantitative estimate of drug-likeness (QED) is 0.179. The minimum absolute atomic E-state index is 0.216. The first-order chi connectivity index (χ1) is 27.2. The summed E-state index contributed by atoms with van der Waals surface area (Å²) in [4.78, 5) is 0. The number of aromatic nitrogens is 1. The zero-order chi connectivity index (χ0) is 36.0. The van der Waals surface area contributed by atoms with Crippen molar-refractivity contribution in [1.82, 2.24) is 4.57 Å². The molecule has 12 rings (SSSR count). The highest BCUT2D eigenvalue weighted by Crippen LogP contribution is 2.49. The van der Waals surface area contributed by atoms with E-state index in [0.29, 0.717) is 0 Å². The van der Waals surface area contributed by atoms with Gasteiger partial charge < -0.3 is 8.98 Å². The maximum atomic E-state index is 6.22. The number of fused-ring (bicyclic) bond motifs is 10. The van der Waals surface area contributed by atoms with Gasteiger partial charge in [-0.1, -0.05) is 140 Å². The van der Waals surface area contributed by atoms with Crippen LogP contribution in [0.2, 0.25) is 0 Å². The molecular formula is C53H33NO. The first-order valence-electron chi connectivity index (χ1n) is 19.0. The fourth-order valence-electron chi connectivity index (χ4n) is 9.28. The molecule has 2 aromatic heterocycles. The van der Waals surface area contributed by atoms with Crippen molar-refractivity contribution in [3.05, 3.63) is 211 Å². The van der Waals surface area contributed by atoms with E-state index in [1.807, 2.05) is 12.1 Å². The van der Waals surface area contributed by atoms with Gasteiger partial charge in [-0.3, -0.25) is 0 Å². The molecule has 0 fully saturated rings. The average molecular weight is 700 g/mol.